The first-order valence-corrected chi connectivity index (χ1v) is 3.92. The molecule has 0 atom stereocenters. The summed E-state index contributed by atoms with van der Waals surface area (Å²) in [5, 5.41) is 0.827. The third-order valence-corrected chi connectivity index (χ3v) is 2.39. The molecule has 58 valence electrons. The molecule has 0 nitrogen and oxygen atoms in total. The van der Waals surface area contributed by atoms with Crippen molar-refractivity contribution in [1.29, 1.82) is 0 Å². The Morgan fingerprint density at radius 3 is 2.45 bits per heavy atom. The van der Waals surface area contributed by atoms with Crippen molar-refractivity contribution in [3.8, 4) is 0 Å². The molecule has 0 radical (unpaired) electrons. The number of hydrogen-bond donors (Lipinski definition) is 0. The predicted molar refractivity (Wildman–Crippen MR) is 51.0 cm³/mol. The van der Waals surface area contributed by atoms with Gasteiger partial charge in [-0.25, -0.2) is 0 Å². The van der Waals surface area contributed by atoms with Crippen LogP contribution in [0.5, 0.6) is 0 Å². The summed E-state index contributed by atoms with van der Waals surface area (Å²) in [5.74, 6) is 0. The minimum absolute atomic E-state index is 0.827. The Morgan fingerprint density at radius 1 is 1.27 bits per heavy atom. The molecular weight excluding hydrogens is 156 g/mol. The van der Waals surface area contributed by atoms with Crippen LogP contribution in [0.4, 0.5) is 0 Å². The van der Waals surface area contributed by atoms with Crippen molar-refractivity contribution in [2.45, 2.75) is 13.8 Å². The van der Waals surface area contributed by atoms with E-state index in [2.05, 4.69) is 13.5 Å². The van der Waals surface area contributed by atoms with Crippen molar-refractivity contribution in [3.05, 3.63) is 40.4 Å². The van der Waals surface area contributed by atoms with E-state index in [-0.39, 0.29) is 0 Å². The monoisotopic (exact) mass is 166 g/mol. The molecule has 0 heterocycles. The quantitative estimate of drug-likeness (QED) is 0.598. The van der Waals surface area contributed by atoms with E-state index in [0.717, 1.165) is 16.1 Å². The highest BCUT2D eigenvalue weighted by Gasteiger charge is 2.00. The minimum Gasteiger partial charge on any atom is -0.0985 e. The maximum atomic E-state index is 5.91. The zero-order chi connectivity index (χ0) is 8.43. The van der Waals surface area contributed by atoms with Gasteiger partial charge in [0.2, 0.25) is 0 Å². The lowest BCUT2D eigenvalue weighted by Gasteiger charge is -2.05. The Hall–Kier alpha value is -0.750. The van der Waals surface area contributed by atoms with Crippen molar-refractivity contribution in [1.82, 2.24) is 0 Å². The van der Waals surface area contributed by atoms with Crippen LogP contribution < -0.4 is 0 Å². The van der Waals surface area contributed by atoms with E-state index in [1.807, 2.05) is 25.1 Å². The van der Waals surface area contributed by atoms with Crippen LogP contribution in [-0.4, -0.2) is 0 Å². The average molecular weight is 167 g/mol. The second-order valence-electron chi connectivity index (χ2n) is 2.59. The van der Waals surface area contributed by atoms with Crippen LogP contribution in [0.15, 0.2) is 18.7 Å². The first kappa shape index (κ1) is 8.35. The fourth-order valence-corrected chi connectivity index (χ4v) is 1.23. The van der Waals surface area contributed by atoms with Gasteiger partial charge in [0.25, 0.3) is 0 Å². The summed E-state index contributed by atoms with van der Waals surface area (Å²) >= 11 is 5.91. The van der Waals surface area contributed by atoms with Gasteiger partial charge in [-0.3, -0.25) is 0 Å². The molecule has 0 aromatic heterocycles. The normalized spacial score (nSPS) is 9.73. The Labute approximate surface area is 72.5 Å². The van der Waals surface area contributed by atoms with E-state index >= 15 is 0 Å². The summed E-state index contributed by atoms with van der Waals surface area (Å²) < 4.78 is 0. The van der Waals surface area contributed by atoms with Crippen LogP contribution in [0.1, 0.15) is 16.7 Å². The van der Waals surface area contributed by atoms with E-state index in [0.29, 0.717) is 0 Å². The smallest absolute Gasteiger partial charge is 0.0438 e. The number of halogens is 1. The molecule has 0 bridgehead atoms. The van der Waals surface area contributed by atoms with Crippen molar-refractivity contribution in [2.75, 3.05) is 0 Å². The zero-order valence-electron chi connectivity index (χ0n) is 6.82. The predicted octanol–water partition coefficient (Wildman–Crippen LogP) is 3.60. The van der Waals surface area contributed by atoms with Crippen molar-refractivity contribution in [3.63, 3.8) is 0 Å². The van der Waals surface area contributed by atoms with E-state index < -0.39 is 0 Å². The molecule has 1 aromatic rings. The highest BCUT2D eigenvalue weighted by molar-refractivity contribution is 6.31. The van der Waals surface area contributed by atoms with Crippen molar-refractivity contribution >= 4 is 17.7 Å². The summed E-state index contributed by atoms with van der Waals surface area (Å²) in [6, 6.07) is 3.89. The summed E-state index contributed by atoms with van der Waals surface area (Å²) in [4.78, 5) is 0. The van der Waals surface area contributed by atoms with E-state index in [9.17, 15) is 0 Å². The zero-order valence-corrected chi connectivity index (χ0v) is 7.57. The third kappa shape index (κ3) is 1.46. The fourth-order valence-electron chi connectivity index (χ4n) is 1.03. The first-order chi connectivity index (χ1) is 5.16. The maximum Gasteiger partial charge on any atom is 0.0438 e. The molecule has 0 fully saturated rings. The van der Waals surface area contributed by atoms with Crippen LogP contribution in [0.2, 0.25) is 5.02 Å². The van der Waals surface area contributed by atoms with Gasteiger partial charge in [-0.2, -0.15) is 0 Å². The topological polar surface area (TPSA) is 0 Å². The van der Waals surface area contributed by atoms with Crippen molar-refractivity contribution < 1.29 is 0 Å². The standard InChI is InChI=1S/C10H11Cl/c1-4-9-5-6-10(11)8(3)7(9)2/h4-6H,1H2,2-3H3. The lowest BCUT2D eigenvalue weighted by molar-refractivity contribution is 1.33. The number of rotatable bonds is 1. The van der Waals surface area contributed by atoms with Gasteiger partial charge in [-0.1, -0.05) is 30.3 Å². The van der Waals surface area contributed by atoms with Gasteiger partial charge < -0.3 is 0 Å². The first-order valence-electron chi connectivity index (χ1n) is 3.55. The molecule has 1 heteroatoms. The van der Waals surface area contributed by atoms with Crippen molar-refractivity contribution in [2.24, 2.45) is 0 Å². The Balaban J connectivity index is 3.36. The van der Waals surface area contributed by atoms with Crippen LogP contribution in [0.3, 0.4) is 0 Å². The Bertz CT molecular complexity index is 287. The summed E-state index contributed by atoms with van der Waals surface area (Å²) in [6.45, 7) is 7.79. The summed E-state index contributed by atoms with van der Waals surface area (Å²) in [6.07, 6.45) is 1.85. The van der Waals surface area contributed by atoms with Gasteiger partial charge >= 0.3 is 0 Å². The summed E-state index contributed by atoms with van der Waals surface area (Å²) in [5.41, 5.74) is 3.52. The molecule has 0 unspecified atom stereocenters. The molecule has 0 amide bonds. The molecule has 1 aromatic carbocycles. The van der Waals surface area contributed by atoms with Gasteiger partial charge in [0.1, 0.15) is 0 Å². The second-order valence-corrected chi connectivity index (χ2v) is 3.00. The lowest BCUT2D eigenvalue weighted by Crippen LogP contribution is -1.85. The molecule has 0 saturated heterocycles. The largest absolute Gasteiger partial charge is 0.0985 e. The van der Waals surface area contributed by atoms with Gasteiger partial charge in [0.15, 0.2) is 0 Å². The average Bonchev–Trinajstić information content (AvgIpc) is 2.01. The van der Waals surface area contributed by atoms with Crippen LogP contribution >= 0.6 is 11.6 Å². The highest BCUT2D eigenvalue weighted by Crippen LogP contribution is 2.22. The molecule has 11 heavy (non-hydrogen) atoms. The molecule has 0 aliphatic carbocycles. The van der Waals surface area contributed by atoms with Gasteiger partial charge in [-0.15, -0.1) is 0 Å². The van der Waals surface area contributed by atoms with Crippen LogP contribution in [0.25, 0.3) is 6.08 Å². The number of benzene rings is 1. The Morgan fingerprint density at radius 2 is 1.91 bits per heavy atom. The van der Waals surface area contributed by atoms with E-state index in [1.54, 1.807) is 0 Å². The molecule has 0 aliphatic rings. The van der Waals surface area contributed by atoms with Gasteiger partial charge in [-0.05, 0) is 36.6 Å². The molecule has 0 saturated carbocycles. The van der Waals surface area contributed by atoms with E-state index in [4.69, 9.17) is 11.6 Å². The molecule has 0 N–H and O–H groups in total. The third-order valence-electron chi connectivity index (χ3n) is 1.98. The molecule has 1 rings (SSSR count). The van der Waals surface area contributed by atoms with E-state index in [1.165, 1.54) is 5.56 Å². The second kappa shape index (κ2) is 3.10. The van der Waals surface area contributed by atoms with Gasteiger partial charge in [0.05, 0.1) is 0 Å². The lowest BCUT2D eigenvalue weighted by atomic mass is 10.0. The van der Waals surface area contributed by atoms with Crippen LogP contribution in [-0.2, 0) is 0 Å². The SMILES string of the molecule is C=Cc1ccc(Cl)c(C)c1C. The molecule has 0 spiro atoms. The Kier molecular flexibility index (Phi) is 2.35. The maximum absolute atomic E-state index is 5.91. The van der Waals surface area contributed by atoms with Gasteiger partial charge in [0, 0.05) is 5.02 Å². The number of hydrogen-bond acceptors (Lipinski definition) is 0. The fraction of sp³-hybridized carbons (Fsp3) is 0.200. The summed E-state index contributed by atoms with van der Waals surface area (Å²) in [7, 11) is 0. The molecule has 0 aliphatic heterocycles. The molecular formula is C10H11Cl. The minimum atomic E-state index is 0.827. The highest BCUT2D eigenvalue weighted by atomic mass is 35.5. The van der Waals surface area contributed by atoms with Crippen LogP contribution in [0, 0.1) is 13.8 Å².